The molecule has 4 rings (SSSR count). The molecule has 0 radical (unpaired) electrons. The fourth-order valence-corrected chi connectivity index (χ4v) is 4.45. The smallest absolute Gasteiger partial charge is 0.247 e. The zero-order valence-electron chi connectivity index (χ0n) is 16.9. The zero-order valence-corrected chi connectivity index (χ0v) is 16.9. The number of hydrogen-bond donors (Lipinski definition) is 1. The van der Waals surface area contributed by atoms with Crippen LogP contribution in [0.3, 0.4) is 0 Å². The quantitative estimate of drug-likeness (QED) is 0.759. The minimum absolute atomic E-state index is 0.106. The number of aromatic nitrogens is 2. The van der Waals surface area contributed by atoms with E-state index >= 15 is 0 Å². The molecule has 2 atom stereocenters. The third-order valence-electron chi connectivity index (χ3n) is 5.90. The van der Waals surface area contributed by atoms with Gasteiger partial charge in [-0.3, -0.25) is 0 Å². The summed E-state index contributed by atoms with van der Waals surface area (Å²) in [7, 11) is 1.70. The van der Waals surface area contributed by atoms with Crippen molar-refractivity contribution in [2.24, 2.45) is 5.41 Å². The molecule has 0 fully saturated rings. The van der Waals surface area contributed by atoms with Gasteiger partial charge in [0, 0.05) is 11.3 Å². The number of allylic oxidation sites excluding steroid dienone is 3. The maximum absolute atomic E-state index is 10.9. The van der Waals surface area contributed by atoms with Crippen LogP contribution >= 0.6 is 0 Å². The lowest BCUT2D eigenvalue weighted by atomic mass is 9.72. The topological polar surface area (TPSA) is 71.6 Å². The lowest BCUT2D eigenvalue weighted by molar-refractivity contribution is 0.164. The summed E-state index contributed by atoms with van der Waals surface area (Å²) in [5.41, 5.74) is 3.00. The minimum Gasteiger partial charge on any atom is -0.506 e. The molecule has 0 amide bonds. The number of hydrogen-bond acceptors (Lipinski definition) is 6. The molecule has 1 aliphatic heterocycles. The molecular formula is C23H25N3O3. The molecular weight excluding hydrogens is 366 g/mol. The number of methoxy groups -OCH3 is 1. The molecule has 0 saturated carbocycles. The Kier molecular flexibility index (Phi) is 4.78. The summed E-state index contributed by atoms with van der Waals surface area (Å²) in [4.78, 5) is 2.11. The van der Waals surface area contributed by atoms with Crippen LogP contribution in [0, 0.1) is 5.41 Å². The Morgan fingerprint density at radius 2 is 2.10 bits per heavy atom. The van der Waals surface area contributed by atoms with Crippen LogP contribution in [0.2, 0.25) is 0 Å². The molecule has 2 aliphatic rings. The van der Waals surface area contributed by atoms with Gasteiger partial charge in [0.15, 0.2) is 0 Å². The fraction of sp³-hybridized carbons (Fsp3) is 0.304. The first kappa shape index (κ1) is 19.1. The van der Waals surface area contributed by atoms with Crippen LogP contribution in [-0.4, -0.2) is 28.5 Å². The molecule has 1 aromatic carbocycles. The van der Waals surface area contributed by atoms with Crippen LogP contribution in [0.25, 0.3) is 11.5 Å². The van der Waals surface area contributed by atoms with E-state index in [1.807, 2.05) is 36.4 Å². The van der Waals surface area contributed by atoms with Gasteiger partial charge in [0.2, 0.25) is 12.3 Å². The Morgan fingerprint density at radius 3 is 2.72 bits per heavy atom. The van der Waals surface area contributed by atoms with E-state index in [0.29, 0.717) is 11.6 Å². The zero-order chi connectivity index (χ0) is 20.6. The molecule has 29 heavy (non-hydrogen) atoms. The molecule has 0 spiro atoms. The SMILES string of the molecule is C=C1C(O)=C(CC)C(C2(C)CC=CC=C2OC)N1c1ccc(-c2nnco2)cc1. The Morgan fingerprint density at radius 1 is 1.34 bits per heavy atom. The van der Waals surface area contributed by atoms with Crippen molar-refractivity contribution < 1.29 is 14.3 Å². The number of aliphatic hydroxyl groups excluding tert-OH is 1. The van der Waals surface area contributed by atoms with E-state index in [1.165, 1.54) is 6.39 Å². The molecule has 0 bridgehead atoms. The fourth-order valence-electron chi connectivity index (χ4n) is 4.45. The molecule has 2 aromatic rings. The van der Waals surface area contributed by atoms with Crippen molar-refractivity contribution in [2.75, 3.05) is 12.0 Å². The Bertz CT molecular complexity index is 1000. The lowest BCUT2D eigenvalue weighted by Gasteiger charge is -2.44. The highest BCUT2D eigenvalue weighted by molar-refractivity contribution is 5.67. The van der Waals surface area contributed by atoms with E-state index in [-0.39, 0.29) is 17.2 Å². The highest BCUT2D eigenvalue weighted by Gasteiger charge is 2.49. The van der Waals surface area contributed by atoms with Gasteiger partial charge in [-0.25, -0.2) is 0 Å². The van der Waals surface area contributed by atoms with Gasteiger partial charge in [-0.15, -0.1) is 10.2 Å². The third-order valence-corrected chi connectivity index (χ3v) is 5.90. The Balaban J connectivity index is 1.78. The van der Waals surface area contributed by atoms with E-state index in [9.17, 15) is 5.11 Å². The number of aliphatic hydroxyl groups is 1. The summed E-state index contributed by atoms with van der Waals surface area (Å²) in [5, 5.41) is 18.6. The van der Waals surface area contributed by atoms with E-state index in [1.54, 1.807) is 7.11 Å². The monoisotopic (exact) mass is 391 g/mol. The first-order valence-electron chi connectivity index (χ1n) is 9.69. The van der Waals surface area contributed by atoms with Crippen molar-refractivity contribution in [3.05, 3.63) is 78.3 Å². The second-order valence-corrected chi connectivity index (χ2v) is 7.52. The van der Waals surface area contributed by atoms with Crippen LogP contribution < -0.4 is 4.90 Å². The highest BCUT2D eigenvalue weighted by Crippen LogP contribution is 2.50. The van der Waals surface area contributed by atoms with Crippen LogP contribution in [0.5, 0.6) is 0 Å². The van der Waals surface area contributed by atoms with Gasteiger partial charge in [-0.1, -0.05) is 25.7 Å². The second kappa shape index (κ2) is 7.28. The summed E-state index contributed by atoms with van der Waals surface area (Å²) in [6.07, 6.45) is 9.01. The van der Waals surface area contributed by atoms with Crippen LogP contribution in [0.4, 0.5) is 5.69 Å². The van der Waals surface area contributed by atoms with Crippen molar-refractivity contribution in [1.82, 2.24) is 10.2 Å². The van der Waals surface area contributed by atoms with Gasteiger partial charge in [-0.05, 0) is 55.7 Å². The molecule has 150 valence electrons. The molecule has 1 aliphatic carbocycles. The maximum atomic E-state index is 10.9. The summed E-state index contributed by atoms with van der Waals surface area (Å²) < 4.78 is 11.0. The lowest BCUT2D eigenvalue weighted by Crippen LogP contribution is -2.46. The van der Waals surface area contributed by atoms with Crippen LogP contribution in [0.15, 0.2) is 82.7 Å². The first-order valence-corrected chi connectivity index (χ1v) is 9.69. The summed E-state index contributed by atoms with van der Waals surface area (Å²) in [6.45, 7) is 8.43. The molecule has 1 aromatic heterocycles. The van der Waals surface area contributed by atoms with Crippen LogP contribution in [-0.2, 0) is 4.74 Å². The molecule has 2 unspecified atom stereocenters. The first-order chi connectivity index (χ1) is 14.0. The third kappa shape index (κ3) is 2.95. The number of rotatable bonds is 5. The minimum atomic E-state index is -0.340. The van der Waals surface area contributed by atoms with Gasteiger partial charge in [0.25, 0.3) is 0 Å². The van der Waals surface area contributed by atoms with Gasteiger partial charge in [-0.2, -0.15) is 0 Å². The highest BCUT2D eigenvalue weighted by atomic mass is 16.5. The van der Waals surface area contributed by atoms with E-state index in [2.05, 4.69) is 41.6 Å². The normalized spacial score (nSPS) is 24.2. The average Bonchev–Trinajstić information content (AvgIpc) is 3.36. The standard InChI is InChI=1S/C23H25N3O3/c1-5-18-20(27)15(2)26(21(18)23(3)13-7-6-8-19(23)28-4)17-11-9-16(10-12-17)22-25-24-14-29-22/h6-12,14,21,27H,2,5,13H2,1,3-4H3. The largest absolute Gasteiger partial charge is 0.506 e. The number of anilines is 1. The van der Waals surface area contributed by atoms with Gasteiger partial charge in [0.1, 0.15) is 11.5 Å². The van der Waals surface area contributed by atoms with Crippen molar-refractivity contribution in [1.29, 1.82) is 0 Å². The van der Waals surface area contributed by atoms with Crippen LogP contribution in [0.1, 0.15) is 26.7 Å². The summed E-state index contributed by atoms with van der Waals surface area (Å²) >= 11 is 0. The van der Waals surface area contributed by atoms with Gasteiger partial charge >= 0.3 is 0 Å². The maximum Gasteiger partial charge on any atom is 0.247 e. The number of ether oxygens (including phenoxy) is 1. The second-order valence-electron chi connectivity index (χ2n) is 7.52. The Hall–Kier alpha value is -3.28. The van der Waals surface area contributed by atoms with E-state index < -0.39 is 0 Å². The molecule has 1 N–H and O–H groups in total. The van der Waals surface area contributed by atoms with Gasteiger partial charge < -0.3 is 19.2 Å². The number of benzene rings is 1. The van der Waals surface area contributed by atoms with Crippen molar-refractivity contribution in [3.63, 3.8) is 0 Å². The van der Waals surface area contributed by atoms with Crippen molar-refractivity contribution in [3.8, 4) is 11.5 Å². The summed E-state index contributed by atoms with van der Waals surface area (Å²) in [5.74, 6) is 1.63. The molecule has 2 heterocycles. The predicted octanol–water partition coefficient (Wildman–Crippen LogP) is 5.16. The average molecular weight is 391 g/mol. The van der Waals surface area contributed by atoms with Crippen molar-refractivity contribution >= 4 is 5.69 Å². The van der Waals surface area contributed by atoms with Crippen molar-refractivity contribution in [2.45, 2.75) is 32.7 Å². The van der Waals surface area contributed by atoms with E-state index in [4.69, 9.17) is 9.15 Å². The molecule has 0 saturated heterocycles. The summed E-state index contributed by atoms with van der Waals surface area (Å²) in [6, 6.07) is 7.74. The molecule has 6 heteroatoms. The van der Waals surface area contributed by atoms with Gasteiger partial charge in [0.05, 0.1) is 24.3 Å². The predicted molar refractivity (Wildman–Crippen MR) is 112 cm³/mol. The molecule has 6 nitrogen and oxygen atoms in total. The van der Waals surface area contributed by atoms with E-state index in [0.717, 1.165) is 35.4 Å². The Labute approximate surface area is 170 Å². The number of nitrogens with zero attached hydrogens (tertiary/aromatic N) is 3.